The van der Waals surface area contributed by atoms with E-state index in [1.807, 2.05) is 30.3 Å². The van der Waals surface area contributed by atoms with E-state index in [1.54, 1.807) is 6.92 Å². The van der Waals surface area contributed by atoms with Gasteiger partial charge in [-0.25, -0.2) is 0 Å². The lowest BCUT2D eigenvalue weighted by Crippen LogP contribution is -2.55. The summed E-state index contributed by atoms with van der Waals surface area (Å²) in [6.45, 7) is 2.74. The highest BCUT2D eigenvalue weighted by Gasteiger charge is 2.46. The van der Waals surface area contributed by atoms with Gasteiger partial charge in [0.2, 0.25) is 11.8 Å². The molecule has 0 spiro atoms. The molecular weight excluding hydrogens is 455 g/mol. The van der Waals surface area contributed by atoms with Crippen molar-refractivity contribution in [1.29, 1.82) is 0 Å². The van der Waals surface area contributed by atoms with Crippen molar-refractivity contribution in [2.45, 2.75) is 61.6 Å². The number of halogens is 2. The zero-order valence-corrected chi connectivity index (χ0v) is 19.5. The Hall–Kier alpha value is -1.71. The van der Waals surface area contributed by atoms with Crippen molar-refractivity contribution in [3.05, 3.63) is 47.6 Å². The molecule has 2 aromatic rings. The molecule has 0 bridgehead atoms. The number of aromatic nitrogens is 2. The molecule has 3 rings (SSSR count). The predicted molar refractivity (Wildman–Crippen MR) is 121 cm³/mol. The number of aliphatic hydroxyl groups excluding tert-OH is 1. The number of alkyl halides is 2. The number of rotatable bonds is 10. The van der Waals surface area contributed by atoms with Crippen LogP contribution in [0, 0.1) is 12.8 Å². The van der Waals surface area contributed by atoms with Gasteiger partial charge in [0.1, 0.15) is 6.04 Å². The van der Waals surface area contributed by atoms with Crippen molar-refractivity contribution in [3.8, 4) is 0 Å². The summed E-state index contributed by atoms with van der Waals surface area (Å²) in [5.41, 5.74) is 6.49. The molecule has 1 aliphatic carbocycles. The zero-order chi connectivity index (χ0) is 23.1. The Balaban J connectivity index is 1.67. The Kier molecular flexibility index (Phi) is 9.31. The van der Waals surface area contributed by atoms with Gasteiger partial charge in [-0.1, -0.05) is 35.5 Å². The van der Waals surface area contributed by atoms with E-state index in [9.17, 15) is 9.90 Å². The quantitative estimate of drug-likeness (QED) is 0.349. The number of benzene rings is 1. The molecule has 0 saturated heterocycles. The molecular formula is C22H30Cl2N4O4. The summed E-state index contributed by atoms with van der Waals surface area (Å²) in [5, 5.41) is 16.2. The molecule has 1 aromatic carbocycles. The topological polar surface area (TPSA) is 124 Å². The number of amides is 1. The Morgan fingerprint density at radius 1 is 1.34 bits per heavy atom. The van der Waals surface area contributed by atoms with Gasteiger partial charge < -0.3 is 25.4 Å². The molecule has 6 atom stereocenters. The fourth-order valence-corrected chi connectivity index (χ4v) is 4.76. The van der Waals surface area contributed by atoms with Gasteiger partial charge in [0.15, 0.2) is 5.82 Å². The first-order chi connectivity index (χ1) is 15.4. The van der Waals surface area contributed by atoms with E-state index in [1.165, 1.54) is 0 Å². The standard InChI is InChI=1S/C22H30Cl2N4O4/c1-13-26-22(32-28-13)17(11-14-7-3-2-4-8-14)27-21(30)15-12-16(23)20(18(24)19(15)29)31-10-6-5-9-25/h2-4,7-8,15-20,29H,5-6,9-12,25H2,1H3,(H,27,30)/t15?,16?,17-,18?,19?,20?/m0/s1. The van der Waals surface area contributed by atoms with E-state index in [2.05, 4.69) is 15.5 Å². The van der Waals surface area contributed by atoms with Crippen molar-refractivity contribution in [3.63, 3.8) is 0 Å². The average Bonchev–Trinajstić information content (AvgIpc) is 3.22. The second kappa shape index (κ2) is 12.0. The minimum Gasteiger partial charge on any atom is -0.391 e. The van der Waals surface area contributed by atoms with E-state index >= 15 is 0 Å². The first-order valence-corrected chi connectivity index (χ1v) is 11.7. The number of unbranched alkanes of at least 4 members (excludes halogenated alkanes) is 1. The summed E-state index contributed by atoms with van der Waals surface area (Å²) < 4.78 is 11.1. The molecule has 1 fully saturated rings. The Labute approximate surface area is 197 Å². The first kappa shape index (κ1) is 24.9. The minimum atomic E-state index is -1.10. The number of carbonyl (C=O) groups is 1. The third-order valence-electron chi connectivity index (χ3n) is 5.57. The van der Waals surface area contributed by atoms with Gasteiger partial charge in [-0.05, 0) is 38.3 Å². The van der Waals surface area contributed by atoms with E-state index < -0.39 is 34.9 Å². The monoisotopic (exact) mass is 484 g/mol. The fraction of sp³-hybridized carbons (Fsp3) is 0.591. The smallest absolute Gasteiger partial charge is 0.249 e. The number of hydrogen-bond acceptors (Lipinski definition) is 7. The largest absolute Gasteiger partial charge is 0.391 e. The molecule has 1 heterocycles. The SMILES string of the molecule is Cc1noc([C@H](Cc2ccccc2)NC(=O)C2CC(Cl)C(OCCCCN)C(Cl)C2O)n1. The van der Waals surface area contributed by atoms with Crippen molar-refractivity contribution in [1.82, 2.24) is 15.5 Å². The van der Waals surface area contributed by atoms with Crippen LogP contribution in [0.2, 0.25) is 0 Å². The van der Waals surface area contributed by atoms with Crippen LogP contribution in [0.25, 0.3) is 0 Å². The highest BCUT2D eigenvalue weighted by molar-refractivity contribution is 6.25. The van der Waals surface area contributed by atoms with E-state index in [0.717, 1.165) is 18.4 Å². The van der Waals surface area contributed by atoms with E-state index in [-0.39, 0.29) is 12.3 Å². The summed E-state index contributed by atoms with van der Waals surface area (Å²) >= 11 is 13.0. The Morgan fingerprint density at radius 2 is 2.09 bits per heavy atom. The normalized spacial score (nSPS) is 26.6. The number of nitrogens with one attached hydrogen (secondary N) is 1. The second-order valence-corrected chi connectivity index (χ2v) is 9.12. The molecule has 0 radical (unpaired) electrons. The number of aliphatic hydroxyl groups is 1. The number of ether oxygens (including phenoxy) is 1. The third kappa shape index (κ3) is 6.42. The lowest BCUT2D eigenvalue weighted by molar-refractivity contribution is -0.133. The molecule has 10 heteroatoms. The van der Waals surface area contributed by atoms with Gasteiger partial charge in [0.25, 0.3) is 0 Å². The van der Waals surface area contributed by atoms with Gasteiger partial charge in [0, 0.05) is 13.0 Å². The maximum absolute atomic E-state index is 13.2. The third-order valence-corrected chi connectivity index (χ3v) is 6.51. The molecule has 4 N–H and O–H groups in total. The summed E-state index contributed by atoms with van der Waals surface area (Å²) in [7, 11) is 0. The fourth-order valence-electron chi connectivity index (χ4n) is 3.84. The van der Waals surface area contributed by atoms with Crippen LogP contribution in [0.1, 0.15) is 42.6 Å². The van der Waals surface area contributed by atoms with Crippen LogP contribution in [0.15, 0.2) is 34.9 Å². The van der Waals surface area contributed by atoms with Crippen LogP contribution < -0.4 is 11.1 Å². The molecule has 0 aliphatic heterocycles. The molecule has 8 nitrogen and oxygen atoms in total. The van der Waals surface area contributed by atoms with Crippen LogP contribution in [0.4, 0.5) is 0 Å². The number of hydrogen-bond donors (Lipinski definition) is 3. The van der Waals surface area contributed by atoms with Crippen molar-refractivity contribution >= 4 is 29.1 Å². The average molecular weight is 485 g/mol. The first-order valence-electron chi connectivity index (χ1n) is 10.8. The summed E-state index contributed by atoms with van der Waals surface area (Å²) in [6.07, 6.45) is 0.656. The van der Waals surface area contributed by atoms with Gasteiger partial charge >= 0.3 is 0 Å². The van der Waals surface area contributed by atoms with Crippen molar-refractivity contribution in [2.24, 2.45) is 11.7 Å². The van der Waals surface area contributed by atoms with Crippen molar-refractivity contribution in [2.75, 3.05) is 13.2 Å². The number of carbonyl (C=O) groups excluding carboxylic acids is 1. The highest BCUT2D eigenvalue weighted by atomic mass is 35.5. The van der Waals surface area contributed by atoms with Crippen LogP contribution in [0.3, 0.4) is 0 Å². The summed E-state index contributed by atoms with van der Waals surface area (Å²) in [4.78, 5) is 17.4. The second-order valence-electron chi connectivity index (χ2n) is 8.06. The van der Waals surface area contributed by atoms with Crippen LogP contribution >= 0.6 is 23.2 Å². The van der Waals surface area contributed by atoms with Crippen LogP contribution in [-0.2, 0) is 16.0 Å². The lowest BCUT2D eigenvalue weighted by atomic mass is 9.83. The maximum atomic E-state index is 13.2. The van der Waals surface area contributed by atoms with E-state index in [4.69, 9.17) is 38.2 Å². The van der Waals surface area contributed by atoms with Gasteiger partial charge in [0.05, 0.1) is 28.9 Å². The summed E-state index contributed by atoms with van der Waals surface area (Å²) in [5.74, 6) is -0.379. The zero-order valence-electron chi connectivity index (χ0n) is 18.0. The van der Waals surface area contributed by atoms with Gasteiger partial charge in [-0.15, -0.1) is 23.2 Å². The van der Waals surface area contributed by atoms with Crippen LogP contribution in [0.5, 0.6) is 0 Å². The molecule has 1 aliphatic rings. The molecule has 1 saturated carbocycles. The summed E-state index contributed by atoms with van der Waals surface area (Å²) in [6, 6.07) is 9.11. The molecule has 1 aromatic heterocycles. The Bertz CT molecular complexity index is 853. The molecule has 176 valence electrons. The van der Waals surface area contributed by atoms with Crippen molar-refractivity contribution < 1.29 is 19.2 Å². The van der Waals surface area contributed by atoms with E-state index in [0.29, 0.717) is 31.3 Å². The number of nitrogens with two attached hydrogens (primary N) is 1. The minimum absolute atomic E-state index is 0.236. The number of nitrogens with zero attached hydrogens (tertiary/aromatic N) is 2. The lowest BCUT2D eigenvalue weighted by Gasteiger charge is -2.39. The molecule has 32 heavy (non-hydrogen) atoms. The molecule has 1 amide bonds. The predicted octanol–water partition coefficient (Wildman–Crippen LogP) is 2.50. The Morgan fingerprint density at radius 3 is 2.75 bits per heavy atom. The van der Waals surface area contributed by atoms with Gasteiger partial charge in [-0.2, -0.15) is 4.98 Å². The number of aryl methyl sites for hydroxylation is 1. The molecule has 5 unspecified atom stereocenters. The van der Waals surface area contributed by atoms with Crippen LogP contribution in [-0.4, -0.2) is 57.3 Å². The maximum Gasteiger partial charge on any atom is 0.249 e. The van der Waals surface area contributed by atoms with Gasteiger partial charge in [-0.3, -0.25) is 4.79 Å². The highest BCUT2D eigenvalue weighted by Crippen LogP contribution is 2.35.